The fraction of sp³-hybridized carbons (Fsp3) is 0.500. The van der Waals surface area contributed by atoms with Gasteiger partial charge in [0.15, 0.2) is 15.4 Å². The van der Waals surface area contributed by atoms with Crippen LogP contribution in [0.1, 0.15) is 100 Å². The molecule has 262 valence electrons. The van der Waals surface area contributed by atoms with Gasteiger partial charge in [0.25, 0.3) is 0 Å². The Hall–Kier alpha value is -4.32. The van der Waals surface area contributed by atoms with E-state index in [1.54, 1.807) is 20.8 Å². The fourth-order valence-corrected chi connectivity index (χ4v) is 5.96. The summed E-state index contributed by atoms with van der Waals surface area (Å²) in [5, 5.41) is 24.9. The van der Waals surface area contributed by atoms with Crippen LogP contribution in [0.3, 0.4) is 0 Å². The Morgan fingerprint density at radius 3 is 2.43 bits per heavy atom. The largest absolute Gasteiger partial charge is 0.413 e. The molecule has 2 aliphatic carbocycles. The number of halogens is 4. The maximum absolute atomic E-state index is 14.1. The lowest BCUT2D eigenvalue weighted by Crippen LogP contribution is -2.35. The van der Waals surface area contributed by atoms with Gasteiger partial charge in [0.2, 0.25) is 5.95 Å². The highest BCUT2D eigenvalue weighted by Crippen LogP contribution is 2.55. The van der Waals surface area contributed by atoms with Gasteiger partial charge in [0.1, 0.15) is 11.8 Å². The van der Waals surface area contributed by atoms with Crippen molar-refractivity contribution in [2.45, 2.75) is 89.7 Å². The summed E-state index contributed by atoms with van der Waals surface area (Å²) in [4.78, 5) is 8.57. The summed E-state index contributed by atoms with van der Waals surface area (Å²) in [5.74, 6) is -0.716. The van der Waals surface area contributed by atoms with Gasteiger partial charge in [0, 0.05) is 47.9 Å². The number of hydrogen-bond donors (Lipinski definition) is 2. The van der Waals surface area contributed by atoms with E-state index >= 15 is 0 Å². The van der Waals surface area contributed by atoms with Gasteiger partial charge >= 0.3 is 6.18 Å². The van der Waals surface area contributed by atoms with E-state index in [0.717, 1.165) is 4.68 Å². The second kappa shape index (κ2) is 12.5. The molecule has 1 saturated carbocycles. The number of nitrogens with one attached hydrogen (secondary N) is 2. The highest BCUT2D eigenvalue weighted by molar-refractivity contribution is 7.92. The molecule has 0 aromatic carbocycles. The van der Waals surface area contributed by atoms with Crippen LogP contribution in [0.4, 0.5) is 23.2 Å². The van der Waals surface area contributed by atoms with Gasteiger partial charge in [-0.3, -0.25) is 4.98 Å². The van der Waals surface area contributed by atoms with Crippen LogP contribution in [0, 0.1) is 29.6 Å². The highest BCUT2D eigenvalue weighted by atomic mass is 32.2. The van der Waals surface area contributed by atoms with Crippen LogP contribution in [0.5, 0.6) is 0 Å². The van der Waals surface area contributed by atoms with Crippen molar-refractivity contribution < 1.29 is 26.0 Å². The molecule has 1 fully saturated rings. The van der Waals surface area contributed by atoms with Crippen molar-refractivity contribution in [1.29, 1.82) is 5.26 Å². The third-order valence-electron chi connectivity index (χ3n) is 9.11. The topological polar surface area (TPSA) is 138 Å². The Morgan fingerprint density at radius 2 is 1.86 bits per heavy atom. The van der Waals surface area contributed by atoms with E-state index in [2.05, 4.69) is 37.0 Å². The molecule has 0 saturated heterocycles. The number of anilines is 1. The van der Waals surface area contributed by atoms with E-state index in [1.165, 1.54) is 30.8 Å². The smallest absolute Gasteiger partial charge is 0.383 e. The van der Waals surface area contributed by atoms with Gasteiger partial charge in [-0.25, -0.2) is 18.1 Å². The van der Waals surface area contributed by atoms with Crippen molar-refractivity contribution in [3.8, 4) is 6.07 Å². The fourth-order valence-electron chi connectivity index (χ4n) is 5.57. The third kappa shape index (κ3) is 7.34. The maximum atomic E-state index is 14.1. The van der Waals surface area contributed by atoms with E-state index < -0.39 is 38.3 Å². The predicted molar refractivity (Wildman–Crippen MR) is 178 cm³/mol. The summed E-state index contributed by atoms with van der Waals surface area (Å²) in [6, 6.07) is 3.97. The Morgan fingerprint density at radius 1 is 1.16 bits per heavy atom. The Balaban J connectivity index is 1.65. The zero-order valence-corrected chi connectivity index (χ0v) is 29.3. The lowest BCUT2D eigenvalue weighted by atomic mass is 9.89. The van der Waals surface area contributed by atoms with E-state index in [0.29, 0.717) is 51.6 Å². The highest BCUT2D eigenvalue weighted by Gasteiger charge is 2.66. The number of nitrogens with zero attached hydrogens (tertiary/aromatic N) is 6. The molecule has 49 heavy (non-hydrogen) atoms. The van der Waals surface area contributed by atoms with Gasteiger partial charge in [0.05, 0.1) is 33.9 Å². The molecule has 0 spiro atoms. The predicted octanol–water partition coefficient (Wildman–Crippen LogP) is 6.62. The lowest BCUT2D eigenvalue weighted by molar-refractivity contribution is -0.183. The number of allylic oxidation sites excluding steroid dienone is 2. The summed E-state index contributed by atoms with van der Waals surface area (Å²) in [6.45, 7) is 11.5. The number of alkyl halides is 3. The molecule has 2 N–H and O–H groups in total. The molecule has 3 aromatic rings. The van der Waals surface area contributed by atoms with Crippen LogP contribution in [0.15, 0.2) is 36.3 Å². The molecule has 1 atom stereocenters. The monoisotopic (exact) mass is 700 g/mol. The molecule has 2 aliphatic rings. The SMILES string of the molecule is Cc1nc(F)ccc1[C@H](NC1=Cc2c(ncc(C#N)c2NCC(C)(C)C)C(=CCC(C)(C)S(C)(=O)=O)C1)c1cn(C2(C(F)(F)F)CC2)nn1. The minimum Gasteiger partial charge on any atom is -0.383 e. The minimum atomic E-state index is -4.52. The van der Waals surface area contributed by atoms with Crippen LogP contribution >= 0.6 is 0 Å². The number of pyridine rings is 2. The van der Waals surface area contributed by atoms with E-state index in [1.807, 2.05) is 32.9 Å². The van der Waals surface area contributed by atoms with Gasteiger partial charge in [-0.15, -0.1) is 5.10 Å². The molecular weight excluding hydrogens is 660 g/mol. The van der Waals surface area contributed by atoms with Crippen LogP contribution in [-0.2, 0) is 15.4 Å². The lowest BCUT2D eigenvalue weighted by Gasteiger charge is -2.28. The number of sulfone groups is 1. The third-order valence-corrected chi connectivity index (χ3v) is 11.3. The average Bonchev–Trinajstić information content (AvgIpc) is 3.68. The summed E-state index contributed by atoms with van der Waals surface area (Å²) in [6.07, 6.45) is 3.19. The van der Waals surface area contributed by atoms with Crippen molar-refractivity contribution in [2.75, 3.05) is 18.1 Å². The first kappa shape index (κ1) is 36.0. The number of hydrogen-bond acceptors (Lipinski definition) is 9. The van der Waals surface area contributed by atoms with Gasteiger partial charge in [-0.2, -0.15) is 22.8 Å². The molecule has 0 aliphatic heterocycles. The van der Waals surface area contributed by atoms with Crippen molar-refractivity contribution in [1.82, 2.24) is 30.3 Å². The summed E-state index contributed by atoms with van der Waals surface area (Å²) in [7, 11) is -3.44. The van der Waals surface area contributed by atoms with E-state index in [-0.39, 0.29) is 36.8 Å². The standard InChI is InChI=1S/C34H40F4N8O2S/c1-20-24(8-9-27(35)42-20)30(26-18-46(45-44-26)33(12-13-33)34(36,37)38)43-23-14-21(10-11-32(5,6)49(7,47)48)28-25(15-23)29(22(16-39)17-40-28)41-19-31(2,3)4/h8-10,15,17-18,30,43H,11-14,19H2,1-7H3,(H,40,41)/t30-/m0/s1. The van der Waals surface area contributed by atoms with Gasteiger partial charge in [-0.05, 0) is 63.2 Å². The van der Waals surface area contributed by atoms with Crippen molar-refractivity contribution in [2.24, 2.45) is 5.41 Å². The quantitative estimate of drug-likeness (QED) is 0.177. The summed E-state index contributed by atoms with van der Waals surface area (Å²) >= 11 is 0. The molecule has 0 bridgehead atoms. The first-order valence-electron chi connectivity index (χ1n) is 15.8. The normalized spacial score (nSPS) is 17.6. The molecule has 5 rings (SSSR count). The first-order chi connectivity index (χ1) is 22.7. The van der Waals surface area contributed by atoms with Crippen molar-refractivity contribution >= 4 is 27.2 Å². The molecule has 3 aromatic heterocycles. The van der Waals surface area contributed by atoms with Gasteiger partial charge in [-0.1, -0.05) is 38.1 Å². The van der Waals surface area contributed by atoms with Crippen molar-refractivity contribution in [3.63, 3.8) is 0 Å². The van der Waals surface area contributed by atoms with Crippen LogP contribution < -0.4 is 10.6 Å². The number of aromatic nitrogens is 5. The molecule has 0 unspecified atom stereocenters. The second-order valence-corrected chi connectivity index (χ2v) is 17.3. The number of aryl methyl sites for hydroxylation is 1. The zero-order valence-electron chi connectivity index (χ0n) is 28.5. The molecular formula is C34H40F4N8O2S. The minimum absolute atomic E-state index is 0.118. The van der Waals surface area contributed by atoms with Crippen LogP contribution in [-0.4, -0.2) is 57.1 Å². The number of fused-ring (bicyclic) bond motifs is 1. The number of rotatable bonds is 10. The Labute approximate surface area is 283 Å². The van der Waals surface area contributed by atoms with E-state index in [9.17, 15) is 31.2 Å². The first-order valence-corrected chi connectivity index (χ1v) is 17.7. The molecule has 0 radical (unpaired) electrons. The zero-order chi connectivity index (χ0) is 36.2. The Kier molecular flexibility index (Phi) is 9.20. The number of nitriles is 1. The summed E-state index contributed by atoms with van der Waals surface area (Å²) in [5.41, 5.74) is 1.91. The Bertz CT molecular complexity index is 1980. The van der Waals surface area contributed by atoms with Gasteiger partial charge < -0.3 is 10.6 Å². The molecule has 0 amide bonds. The second-order valence-electron chi connectivity index (χ2n) is 14.7. The molecule has 3 heterocycles. The molecule has 15 heteroatoms. The van der Waals surface area contributed by atoms with Crippen molar-refractivity contribution in [3.05, 3.63) is 76.0 Å². The van der Waals surface area contributed by atoms with E-state index in [4.69, 9.17) is 0 Å². The summed E-state index contributed by atoms with van der Waals surface area (Å²) < 4.78 is 81.0. The molecule has 10 nitrogen and oxygen atoms in total. The van der Waals surface area contributed by atoms with Crippen LogP contribution in [0.25, 0.3) is 11.6 Å². The van der Waals surface area contributed by atoms with Crippen LogP contribution in [0.2, 0.25) is 0 Å². The maximum Gasteiger partial charge on any atom is 0.413 e. The average molecular weight is 701 g/mol.